The van der Waals surface area contributed by atoms with Crippen molar-refractivity contribution in [3.8, 4) is 0 Å². The Morgan fingerprint density at radius 3 is 2.86 bits per heavy atom. The molecule has 1 saturated carbocycles. The summed E-state index contributed by atoms with van der Waals surface area (Å²) in [6.07, 6.45) is 6.29. The maximum atomic E-state index is 4.55. The van der Waals surface area contributed by atoms with E-state index in [0.29, 0.717) is 0 Å². The van der Waals surface area contributed by atoms with E-state index in [-0.39, 0.29) is 0 Å². The Hall–Kier alpha value is -0.650. The SMILES string of the molecule is CCN(CC)c1ncc(CNCC2CCN(C3CC3)C2)s1. The van der Waals surface area contributed by atoms with E-state index in [1.807, 2.05) is 17.5 Å². The molecule has 21 heavy (non-hydrogen) atoms. The first kappa shape index (κ1) is 15.3. The van der Waals surface area contributed by atoms with Gasteiger partial charge in [0, 0.05) is 43.3 Å². The Kier molecular flexibility index (Phi) is 5.14. The van der Waals surface area contributed by atoms with Crippen molar-refractivity contribution in [3.05, 3.63) is 11.1 Å². The number of hydrogen-bond acceptors (Lipinski definition) is 5. The highest BCUT2D eigenvalue weighted by Crippen LogP contribution is 2.31. The number of thiazole rings is 1. The van der Waals surface area contributed by atoms with Gasteiger partial charge in [0.15, 0.2) is 5.13 Å². The van der Waals surface area contributed by atoms with Crippen LogP contribution in [0.15, 0.2) is 6.20 Å². The van der Waals surface area contributed by atoms with Crippen LogP contribution in [0.5, 0.6) is 0 Å². The molecule has 1 aliphatic carbocycles. The molecule has 3 rings (SSSR count). The summed E-state index contributed by atoms with van der Waals surface area (Å²) in [5.74, 6) is 0.848. The zero-order valence-corrected chi connectivity index (χ0v) is 14.2. The summed E-state index contributed by atoms with van der Waals surface area (Å²) >= 11 is 1.83. The minimum atomic E-state index is 0.848. The monoisotopic (exact) mass is 308 g/mol. The van der Waals surface area contributed by atoms with Crippen LogP contribution < -0.4 is 10.2 Å². The van der Waals surface area contributed by atoms with Crippen molar-refractivity contribution in [1.29, 1.82) is 0 Å². The Labute approximate surface area is 132 Å². The molecule has 1 saturated heterocycles. The third-order valence-electron chi connectivity index (χ3n) is 4.69. The van der Waals surface area contributed by atoms with Gasteiger partial charge in [0.05, 0.1) is 0 Å². The highest BCUT2D eigenvalue weighted by Gasteiger charge is 2.33. The second-order valence-electron chi connectivity index (χ2n) is 6.29. The third kappa shape index (κ3) is 3.96. The number of hydrogen-bond donors (Lipinski definition) is 1. The van der Waals surface area contributed by atoms with Crippen molar-refractivity contribution in [3.63, 3.8) is 0 Å². The van der Waals surface area contributed by atoms with Gasteiger partial charge in [-0.1, -0.05) is 0 Å². The summed E-state index contributed by atoms with van der Waals surface area (Å²) in [6, 6.07) is 0.938. The molecule has 0 aromatic carbocycles. The molecule has 0 amide bonds. The van der Waals surface area contributed by atoms with Gasteiger partial charge < -0.3 is 15.1 Å². The summed E-state index contributed by atoms with van der Waals surface area (Å²) in [4.78, 5) is 10.9. The molecule has 2 heterocycles. The van der Waals surface area contributed by atoms with Crippen LogP contribution in [0.25, 0.3) is 0 Å². The largest absolute Gasteiger partial charge is 0.349 e. The summed E-state index contributed by atoms with van der Waals surface area (Å²) in [5.41, 5.74) is 0. The highest BCUT2D eigenvalue weighted by atomic mass is 32.1. The summed E-state index contributed by atoms with van der Waals surface area (Å²) in [7, 11) is 0. The Morgan fingerprint density at radius 1 is 1.33 bits per heavy atom. The van der Waals surface area contributed by atoms with Gasteiger partial charge in [-0.15, -0.1) is 11.3 Å². The first-order valence-electron chi connectivity index (χ1n) is 8.44. The van der Waals surface area contributed by atoms with Crippen LogP contribution in [-0.4, -0.2) is 48.6 Å². The number of aromatic nitrogens is 1. The molecule has 2 fully saturated rings. The number of likely N-dealkylation sites (tertiary alicyclic amines) is 1. The first-order valence-corrected chi connectivity index (χ1v) is 9.26. The predicted molar refractivity (Wildman–Crippen MR) is 90.1 cm³/mol. The smallest absolute Gasteiger partial charge is 0.185 e. The molecule has 0 spiro atoms. The number of rotatable bonds is 8. The molecule has 118 valence electrons. The second kappa shape index (κ2) is 7.07. The van der Waals surface area contributed by atoms with Crippen molar-refractivity contribution < 1.29 is 0 Å². The van der Waals surface area contributed by atoms with E-state index in [9.17, 15) is 0 Å². The van der Waals surface area contributed by atoms with E-state index in [4.69, 9.17) is 0 Å². The highest BCUT2D eigenvalue weighted by molar-refractivity contribution is 7.15. The molecule has 4 nitrogen and oxygen atoms in total. The molecule has 0 bridgehead atoms. The molecular weight excluding hydrogens is 280 g/mol. The van der Waals surface area contributed by atoms with E-state index >= 15 is 0 Å². The van der Waals surface area contributed by atoms with Crippen LogP contribution in [-0.2, 0) is 6.54 Å². The van der Waals surface area contributed by atoms with Crippen LogP contribution in [0.1, 0.15) is 38.0 Å². The van der Waals surface area contributed by atoms with Gasteiger partial charge in [-0.2, -0.15) is 0 Å². The Morgan fingerprint density at radius 2 is 2.14 bits per heavy atom. The summed E-state index contributed by atoms with van der Waals surface area (Å²) in [6.45, 7) is 11.2. The maximum absolute atomic E-state index is 4.55. The van der Waals surface area contributed by atoms with E-state index in [1.165, 1.54) is 37.2 Å². The minimum Gasteiger partial charge on any atom is -0.349 e. The van der Waals surface area contributed by atoms with Crippen LogP contribution in [0, 0.1) is 5.92 Å². The second-order valence-corrected chi connectivity index (χ2v) is 7.39. The van der Waals surface area contributed by atoms with Crippen molar-refractivity contribution in [2.45, 2.75) is 45.7 Å². The van der Waals surface area contributed by atoms with E-state index < -0.39 is 0 Å². The van der Waals surface area contributed by atoms with Gasteiger partial charge in [-0.3, -0.25) is 0 Å². The lowest BCUT2D eigenvalue weighted by molar-refractivity contribution is 0.312. The third-order valence-corrected chi connectivity index (χ3v) is 5.75. The van der Waals surface area contributed by atoms with Crippen molar-refractivity contribution in [2.75, 3.05) is 37.6 Å². The molecule has 1 atom stereocenters. The fourth-order valence-electron chi connectivity index (χ4n) is 3.22. The molecule has 1 aromatic heterocycles. The van der Waals surface area contributed by atoms with Crippen LogP contribution in [0.2, 0.25) is 0 Å². The summed E-state index contributed by atoms with van der Waals surface area (Å²) < 4.78 is 0. The van der Waals surface area contributed by atoms with Crippen molar-refractivity contribution >= 4 is 16.5 Å². The zero-order chi connectivity index (χ0) is 14.7. The van der Waals surface area contributed by atoms with Gasteiger partial charge in [0.25, 0.3) is 0 Å². The average Bonchev–Trinajstić information content (AvgIpc) is 3.06. The lowest BCUT2D eigenvalue weighted by atomic mass is 10.1. The number of nitrogens with zero attached hydrogens (tertiary/aromatic N) is 3. The fourth-order valence-corrected chi connectivity index (χ4v) is 4.23. The molecule has 1 aromatic rings. The van der Waals surface area contributed by atoms with E-state index in [0.717, 1.165) is 43.3 Å². The summed E-state index contributed by atoms with van der Waals surface area (Å²) in [5, 5.41) is 4.80. The van der Waals surface area contributed by atoms with E-state index in [1.54, 1.807) is 0 Å². The lowest BCUT2D eigenvalue weighted by Crippen LogP contribution is -2.27. The van der Waals surface area contributed by atoms with Gasteiger partial charge in [0.1, 0.15) is 0 Å². The van der Waals surface area contributed by atoms with Crippen LogP contribution in [0.3, 0.4) is 0 Å². The fraction of sp³-hybridized carbons (Fsp3) is 0.812. The Balaban J connectivity index is 1.39. The average molecular weight is 308 g/mol. The van der Waals surface area contributed by atoms with Gasteiger partial charge in [0.2, 0.25) is 0 Å². The van der Waals surface area contributed by atoms with Crippen molar-refractivity contribution in [1.82, 2.24) is 15.2 Å². The van der Waals surface area contributed by atoms with Gasteiger partial charge in [-0.25, -0.2) is 4.98 Å². The molecule has 1 unspecified atom stereocenters. The molecule has 2 aliphatic rings. The van der Waals surface area contributed by atoms with Crippen LogP contribution >= 0.6 is 11.3 Å². The number of anilines is 1. The van der Waals surface area contributed by atoms with Crippen LogP contribution in [0.4, 0.5) is 5.13 Å². The van der Waals surface area contributed by atoms with E-state index in [2.05, 4.69) is 33.9 Å². The first-order chi connectivity index (χ1) is 10.3. The quantitative estimate of drug-likeness (QED) is 0.800. The molecular formula is C16H28N4S. The molecule has 0 radical (unpaired) electrons. The standard InChI is InChI=1S/C16H28N4S/c1-3-19(4-2)16-18-11-15(21-16)10-17-9-13-7-8-20(12-13)14-5-6-14/h11,13-14,17H,3-10,12H2,1-2H3. The topological polar surface area (TPSA) is 31.4 Å². The molecule has 1 aliphatic heterocycles. The maximum Gasteiger partial charge on any atom is 0.185 e. The van der Waals surface area contributed by atoms with Gasteiger partial charge >= 0.3 is 0 Å². The lowest BCUT2D eigenvalue weighted by Gasteiger charge is -2.16. The molecule has 1 N–H and O–H groups in total. The zero-order valence-electron chi connectivity index (χ0n) is 13.3. The van der Waals surface area contributed by atoms with Gasteiger partial charge in [-0.05, 0) is 52.1 Å². The number of nitrogens with one attached hydrogen (secondary N) is 1. The Bertz CT molecular complexity index is 439. The minimum absolute atomic E-state index is 0.848. The van der Waals surface area contributed by atoms with Crippen molar-refractivity contribution in [2.24, 2.45) is 5.92 Å². The normalized spacial score (nSPS) is 22.9. The predicted octanol–water partition coefficient (Wildman–Crippen LogP) is 2.56. The molecule has 5 heteroatoms.